The van der Waals surface area contributed by atoms with Gasteiger partial charge in [0.05, 0.1) is 39.0 Å². The third-order valence-electron chi connectivity index (χ3n) is 6.03. The second-order valence-corrected chi connectivity index (χ2v) is 10.6. The van der Waals surface area contributed by atoms with Gasteiger partial charge in [0.2, 0.25) is 11.8 Å². The lowest BCUT2D eigenvalue weighted by Gasteiger charge is -2.20. The number of hydrogen-bond acceptors (Lipinski definition) is 11. The highest BCUT2D eigenvalue weighted by Crippen LogP contribution is 2.35. The molecule has 4 aromatic rings. The molecule has 0 amide bonds. The second kappa shape index (κ2) is 11.0. The van der Waals surface area contributed by atoms with Crippen molar-refractivity contribution in [2.24, 2.45) is 0 Å². The van der Waals surface area contributed by atoms with E-state index < -0.39 is 32.6 Å². The fourth-order valence-electron chi connectivity index (χ4n) is 3.79. The summed E-state index contributed by atoms with van der Waals surface area (Å²) in [6, 6.07) is 6.69. The Morgan fingerprint density at radius 2 is 1.71 bits per heavy atom. The summed E-state index contributed by atoms with van der Waals surface area (Å²) in [5.74, 6) is -0.388. The monoisotopic (exact) mass is 543 g/mol. The van der Waals surface area contributed by atoms with Crippen LogP contribution in [0, 0.1) is 5.82 Å². The van der Waals surface area contributed by atoms with Gasteiger partial charge in [-0.05, 0) is 13.0 Å². The third-order valence-corrected chi connectivity index (χ3v) is 8.23. The van der Waals surface area contributed by atoms with Gasteiger partial charge in [0.25, 0.3) is 0 Å². The molecule has 4 heterocycles. The van der Waals surface area contributed by atoms with Gasteiger partial charge in [0, 0.05) is 24.2 Å². The van der Waals surface area contributed by atoms with E-state index in [0.29, 0.717) is 23.0 Å². The lowest BCUT2D eigenvalue weighted by molar-refractivity contribution is 0.378. The minimum atomic E-state index is -3.87. The summed E-state index contributed by atoms with van der Waals surface area (Å²) >= 11 is 0. The van der Waals surface area contributed by atoms with Gasteiger partial charge in [-0.2, -0.15) is 0 Å². The Hall–Kier alpha value is -4.20. The Morgan fingerprint density at radius 1 is 0.974 bits per heavy atom. The van der Waals surface area contributed by atoms with E-state index in [2.05, 4.69) is 30.1 Å². The van der Waals surface area contributed by atoms with E-state index in [1.807, 2.05) is 0 Å². The number of halogens is 1. The predicted octanol–water partition coefficient (Wildman–Crippen LogP) is 2.79. The third kappa shape index (κ3) is 5.25. The first-order valence-electron chi connectivity index (χ1n) is 11.4. The highest BCUT2D eigenvalue weighted by molar-refractivity contribution is 7.91. The Balaban J connectivity index is 1.84. The van der Waals surface area contributed by atoms with E-state index >= 15 is 0 Å². The van der Waals surface area contributed by atoms with Gasteiger partial charge in [-0.3, -0.25) is 4.57 Å². The minimum Gasteiger partial charge on any atom is -0.494 e. The maximum Gasteiger partial charge on any atom is 0.242 e. The Labute approximate surface area is 218 Å². The van der Waals surface area contributed by atoms with E-state index in [-0.39, 0.29) is 23.4 Å². The molecular formula is C24H26FN7O5S. The summed E-state index contributed by atoms with van der Waals surface area (Å²) in [6.45, 7) is 3.21. The van der Waals surface area contributed by atoms with Crippen molar-refractivity contribution in [2.75, 3.05) is 21.3 Å². The topological polar surface area (TPSA) is 144 Å². The SMILES string of the molecule is COc1cccc(-c2nnc(CS(=O)(=O)[C@@H](C)[C@H](C)c3ncc(F)cn3)n2-c2c(OC)ccnc2OC)n1. The van der Waals surface area contributed by atoms with Gasteiger partial charge < -0.3 is 14.2 Å². The van der Waals surface area contributed by atoms with Crippen molar-refractivity contribution < 1.29 is 27.0 Å². The summed E-state index contributed by atoms with van der Waals surface area (Å²) < 4.78 is 58.2. The molecule has 0 fully saturated rings. The van der Waals surface area contributed by atoms with Gasteiger partial charge in [-0.1, -0.05) is 13.0 Å². The molecule has 0 bridgehead atoms. The molecule has 200 valence electrons. The predicted molar refractivity (Wildman–Crippen MR) is 135 cm³/mol. The molecule has 14 heteroatoms. The largest absolute Gasteiger partial charge is 0.494 e. The van der Waals surface area contributed by atoms with Crippen molar-refractivity contribution >= 4 is 9.84 Å². The van der Waals surface area contributed by atoms with E-state index in [1.54, 1.807) is 38.1 Å². The van der Waals surface area contributed by atoms with E-state index in [1.165, 1.54) is 32.1 Å². The standard InChI is InChI=1S/C24H26FN7O5S/c1-14(22-27-11-16(25)12-28-22)15(2)38(33,34)13-19-30-31-23(17-7-6-8-20(29-17)36-4)32(19)21-18(35-3)9-10-26-24(21)37-5/h6-12,14-15H,13H2,1-5H3/t14-,15-/m0/s1. The smallest absolute Gasteiger partial charge is 0.242 e. The molecule has 0 radical (unpaired) electrons. The van der Waals surface area contributed by atoms with E-state index in [9.17, 15) is 12.8 Å². The number of nitrogens with zero attached hydrogens (tertiary/aromatic N) is 7. The van der Waals surface area contributed by atoms with Crippen LogP contribution in [0.25, 0.3) is 17.2 Å². The highest BCUT2D eigenvalue weighted by atomic mass is 32.2. The molecule has 0 saturated carbocycles. The molecule has 0 aliphatic carbocycles. The van der Waals surface area contributed by atoms with Crippen LogP contribution in [0.3, 0.4) is 0 Å². The van der Waals surface area contributed by atoms with Gasteiger partial charge >= 0.3 is 0 Å². The van der Waals surface area contributed by atoms with Crippen molar-refractivity contribution in [3.05, 3.63) is 60.3 Å². The van der Waals surface area contributed by atoms with Crippen LogP contribution in [0.2, 0.25) is 0 Å². The van der Waals surface area contributed by atoms with Crippen molar-refractivity contribution in [2.45, 2.75) is 30.8 Å². The Bertz CT molecular complexity index is 1510. The second-order valence-electron chi connectivity index (χ2n) is 8.27. The van der Waals surface area contributed by atoms with Gasteiger partial charge in [0.1, 0.15) is 23.0 Å². The molecular weight excluding hydrogens is 517 g/mol. The maximum absolute atomic E-state index is 13.6. The molecule has 0 aliphatic rings. The Morgan fingerprint density at radius 3 is 2.37 bits per heavy atom. The van der Waals surface area contributed by atoms with Gasteiger partial charge in [-0.25, -0.2) is 32.7 Å². The van der Waals surface area contributed by atoms with Gasteiger partial charge in [-0.15, -0.1) is 10.2 Å². The number of rotatable bonds is 10. The normalized spacial score (nSPS) is 13.1. The van der Waals surface area contributed by atoms with Crippen LogP contribution in [0.15, 0.2) is 42.9 Å². The number of pyridine rings is 2. The maximum atomic E-state index is 13.6. The van der Waals surface area contributed by atoms with Crippen LogP contribution >= 0.6 is 0 Å². The van der Waals surface area contributed by atoms with Gasteiger partial charge in [0.15, 0.2) is 33.0 Å². The minimum absolute atomic E-state index is 0.0771. The number of methoxy groups -OCH3 is 3. The number of hydrogen-bond donors (Lipinski definition) is 0. The molecule has 0 N–H and O–H groups in total. The zero-order valence-electron chi connectivity index (χ0n) is 21.4. The average molecular weight is 544 g/mol. The lowest BCUT2D eigenvalue weighted by Crippen LogP contribution is -2.27. The summed E-state index contributed by atoms with van der Waals surface area (Å²) in [7, 11) is 0.515. The summed E-state index contributed by atoms with van der Waals surface area (Å²) in [4.78, 5) is 16.6. The molecule has 0 saturated heterocycles. The first-order valence-corrected chi connectivity index (χ1v) is 13.1. The van der Waals surface area contributed by atoms with Crippen LogP contribution in [0.4, 0.5) is 4.39 Å². The van der Waals surface area contributed by atoms with Crippen LogP contribution in [0.1, 0.15) is 31.4 Å². The summed E-state index contributed by atoms with van der Waals surface area (Å²) in [6.07, 6.45) is 3.50. The number of ether oxygens (including phenoxy) is 3. The zero-order chi connectivity index (χ0) is 27.4. The fourth-order valence-corrected chi connectivity index (χ4v) is 5.35. The van der Waals surface area contributed by atoms with Crippen LogP contribution in [-0.4, -0.2) is 69.7 Å². The van der Waals surface area contributed by atoms with Crippen LogP contribution < -0.4 is 14.2 Å². The highest BCUT2D eigenvalue weighted by Gasteiger charge is 2.33. The molecule has 38 heavy (non-hydrogen) atoms. The first-order chi connectivity index (χ1) is 18.2. The zero-order valence-corrected chi connectivity index (χ0v) is 22.2. The van der Waals surface area contributed by atoms with Crippen LogP contribution in [-0.2, 0) is 15.6 Å². The molecule has 4 rings (SSSR count). The summed E-state index contributed by atoms with van der Waals surface area (Å²) in [5, 5.41) is 7.55. The first kappa shape index (κ1) is 26.9. The molecule has 0 spiro atoms. The fraction of sp³-hybridized carbons (Fsp3) is 0.333. The van der Waals surface area contributed by atoms with Crippen molar-refractivity contribution in [3.63, 3.8) is 0 Å². The lowest BCUT2D eigenvalue weighted by atomic mass is 10.1. The molecule has 0 aliphatic heterocycles. The van der Waals surface area contributed by atoms with E-state index in [4.69, 9.17) is 14.2 Å². The van der Waals surface area contributed by atoms with Crippen molar-refractivity contribution in [1.29, 1.82) is 0 Å². The number of aromatic nitrogens is 7. The van der Waals surface area contributed by atoms with E-state index in [0.717, 1.165) is 12.4 Å². The summed E-state index contributed by atoms with van der Waals surface area (Å²) in [5.41, 5.74) is 0.671. The van der Waals surface area contributed by atoms with Crippen LogP contribution in [0.5, 0.6) is 17.5 Å². The molecule has 12 nitrogen and oxygen atoms in total. The molecule has 0 unspecified atom stereocenters. The number of sulfone groups is 1. The average Bonchev–Trinajstić information content (AvgIpc) is 3.34. The molecule has 4 aromatic heterocycles. The molecule has 0 aromatic carbocycles. The Kier molecular flexibility index (Phi) is 7.80. The van der Waals surface area contributed by atoms with Crippen molar-refractivity contribution in [3.8, 4) is 34.7 Å². The molecule has 2 atom stereocenters. The quantitative estimate of drug-likeness (QED) is 0.291. The van der Waals surface area contributed by atoms with Crippen molar-refractivity contribution in [1.82, 2.24) is 34.7 Å².